The Balaban J connectivity index is 2.21. The molecule has 0 saturated carbocycles. The number of benzene rings is 1. The molecule has 0 unspecified atom stereocenters. The molecule has 0 fully saturated rings. The first-order valence-corrected chi connectivity index (χ1v) is 7.55. The van der Waals surface area contributed by atoms with Crippen LogP contribution in [0.5, 0.6) is 0 Å². The van der Waals surface area contributed by atoms with Crippen LogP contribution >= 0.6 is 22.9 Å². The molecule has 0 N–H and O–H groups in total. The van der Waals surface area contributed by atoms with E-state index in [0.717, 1.165) is 10.6 Å². The molecule has 0 radical (unpaired) electrons. The largest absolute Gasteiger partial charge is 0.290 e. The summed E-state index contributed by atoms with van der Waals surface area (Å²) in [6.45, 7) is 2.40. The SMILES string of the molecule is Cc1ncsc1Cn1c(CCl)nc2ccccc2c1=O. The van der Waals surface area contributed by atoms with E-state index in [1.165, 1.54) is 11.3 Å². The number of aryl methyl sites for hydroxylation is 1. The number of rotatable bonds is 3. The van der Waals surface area contributed by atoms with Crippen LogP contribution in [0.25, 0.3) is 10.9 Å². The molecule has 2 heterocycles. The van der Waals surface area contributed by atoms with Crippen LogP contribution in [0, 0.1) is 6.92 Å². The third-order valence-electron chi connectivity index (χ3n) is 3.21. The molecule has 0 aliphatic rings. The molecule has 0 aliphatic carbocycles. The summed E-state index contributed by atoms with van der Waals surface area (Å²) in [4.78, 5) is 22.3. The molecule has 3 rings (SSSR count). The van der Waals surface area contributed by atoms with Crippen LogP contribution < -0.4 is 5.56 Å². The molecule has 0 spiro atoms. The lowest BCUT2D eigenvalue weighted by Gasteiger charge is -2.11. The van der Waals surface area contributed by atoms with Gasteiger partial charge in [-0.3, -0.25) is 9.36 Å². The highest BCUT2D eigenvalue weighted by Crippen LogP contribution is 2.16. The van der Waals surface area contributed by atoms with Crippen molar-refractivity contribution in [2.45, 2.75) is 19.3 Å². The van der Waals surface area contributed by atoms with Gasteiger partial charge in [-0.15, -0.1) is 22.9 Å². The number of nitrogens with zero attached hydrogens (tertiary/aromatic N) is 3. The van der Waals surface area contributed by atoms with E-state index in [4.69, 9.17) is 11.6 Å². The van der Waals surface area contributed by atoms with Crippen molar-refractivity contribution >= 4 is 33.8 Å². The number of hydrogen-bond donors (Lipinski definition) is 0. The van der Waals surface area contributed by atoms with Crippen LogP contribution in [0.1, 0.15) is 16.4 Å². The number of para-hydroxylation sites is 1. The van der Waals surface area contributed by atoms with Crippen LogP contribution in [-0.4, -0.2) is 14.5 Å². The van der Waals surface area contributed by atoms with Crippen molar-refractivity contribution in [2.24, 2.45) is 0 Å². The number of fused-ring (bicyclic) bond motifs is 1. The van der Waals surface area contributed by atoms with Gasteiger partial charge in [-0.05, 0) is 19.1 Å². The number of thiazole rings is 1. The van der Waals surface area contributed by atoms with E-state index in [2.05, 4.69) is 9.97 Å². The Bertz CT molecular complexity index is 825. The van der Waals surface area contributed by atoms with Crippen LogP contribution in [-0.2, 0) is 12.4 Å². The monoisotopic (exact) mass is 305 g/mol. The predicted molar refractivity (Wildman–Crippen MR) is 81.5 cm³/mol. The molecule has 2 aromatic heterocycles. The summed E-state index contributed by atoms with van der Waals surface area (Å²) in [5.74, 6) is 0.793. The summed E-state index contributed by atoms with van der Waals surface area (Å²) in [6, 6.07) is 7.33. The molecule has 20 heavy (non-hydrogen) atoms. The molecule has 6 heteroatoms. The number of halogens is 1. The summed E-state index contributed by atoms with van der Waals surface area (Å²) < 4.78 is 1.63. The van der Waals surface area contributed by atoms with Gasteiger partial charge in [-0.25, -0.2) is 9.97 Å². The van der Waals surface area contributed by atoms with E-state index in [0.29, 0.717) is 23.3 Å². The lowest BCUT2D eigenvalue weighted by atomic mass is 10.2. The van der Waals surface area contributed by atoms with Crippen LogP contribution in [0.2, 0.25) is 0 Å². The second-order valence-electron chi connectivity index (χ2n) is 4.43. The van der Waals surface area contributed by atoms with Crippen LogP contribution in [0.4, 0.5) is 0 Å². The summed E-state index contributed by atoms with van der Waals surface area (Å²) in [7, 11) is 0. The molecular formula is C14H12ClN3OS. The summed E-state index contributed by atoms with van der Waals surface area (Å²) in [6.07, 6.45) is 0. The van der Waals surface area contributed by atoms with Gasteiger partial charge in [0.25, 0.3) is 5.56 Å². The van der Waals surface area contributed by atoms with Crippen LogP contribution in [0.3, 0.4) is 0 Å². The summed E-state index contributed by atoms with van der Waals surface area (Å²) in [5.41, 5.74) is 3.35. The van der Waals surface area contributed by atoms with Gasteiger partial charge in [-0.1, -0.05) is 12.1 Å². The Hall–Kier alpha value is -1.72. The lowest BCUT2D eigenvalue weighted by Crippen LogP contribution is -2.25. The van der Waals surface area contributed by atoms with E-state index in [1.807, 2.05) is 25.1 Å². The smallest absolute Gasteiger partial charge is 0.261 e. The fourth-order valence-electron chi connectivity index (χ4n) is 2.10. The minimum absolute atomic E-state index is 0.0564. The van der Waals surface area contributed by atoms with Gasteiger partial charge < -0.3 is 0 Å². The molecule has 4 nitrogen and oxygen atoms in total. The summed E-state index contributed by atoms with van der Waals surface area (Å²) in [5, 5.41) is 0.614. The second kappa shape index (κ2) is 5.34. The zero-order valence-corrected chi connectivity index (χ0v) is 12.4. The highest BCUT2D eigenvalue weighted by Gasteiger charge is 2.12. The van der Waals surface area contributed by atoms with Crippen LogP contribution in [0.15, 0.2) is 34.6 Å². The van der Waals surface area contributed by atoms with Gasteiger partial charge in [0, 0.05) is 4.88 Å². The quantitative estimate of drug-likeness (QED) is 0.699. The van der Waals surface area contributed by atoms with Crippen molar-refractivity contribution in [1.82, 2.24) is 14.5 Å². The molecule has 0 amide bonds. The average molecular weight is 306 g/mol. The first kappa shape index (κ1) is 13.3. The van der Waals surface area contributed by atoms with Crippen molar-refractivity contribution in [2.75, 3.05) is 0 Å². The van der Waals surface area contributed by atoms with E-state index in [9.17, 15) is 4.79 Å². The third-order valence-corrected chi connectivity index (χ3v) is 4.37. The lowest BCUT2D eigenvalue weighted by molar-refractivity contribution is 0.710. The third kappa shape index (κ3) is 2.23. The molecule has 102 valence electrons. The van der Waals surface area contributed by atoms with Gasteiger partial charge in [0.2, 0.25) is 0 Å². The van der Waals surface area contributed by atoms with Crippen molar-refractivity contribution in [3.05, 3.63) is 56.5 Å². The molecule has 0 saturated heterocycles. The van der Waals surface area contributed by atoms with Gasteiger partial charge in [0.15, 0.2) is 0 Å². The zero-order valence-electron chi connectivity index (χ0n) is 10.8. The van der Waals surface area contributed by atoms with Crippen molar-refractivity contribution in [3.8, 4) is 0 Å². The standard InChI is InChI=1S/C14H12ClN3OS/c1-9-12(20-8-16-9)7-18-13(6-15)17-11-5-3-2-4-10(11)14(18)19/h2-5,8H,6-7H2,1H3. The fraction of sp³-hybridized carbons (Fsp3) is 0.214. The zero-order chi connectivity index (χ0) is 14.1. The highest BCUT2D eigenvalue weighted by atomic mass is 35.5. The maximum absolute atomic E-state index is 12.6. The molecule has 1 aromatic carbocycles. The van der Waals surface area contributed by atoms with E-state index in [-0.39, 0.29) is 11.4 Å². The van der Waals surface area contributed by atoms with Gasteiger partial charge >= 0.3 is 0 Å². The Kier molecular flexibility index (Phi) is 3.54. The molecule has 3 aromatic rings. The Morgan fingerprint density at radius 3 is 2.85 bits per heavy atom. The van der Waals surface area contributed by atoms with E-state index in [1.54, 1.807) is 16.1 Å². The molecule has 0 atom stereocenters. The Labute approximate surface area is 124 Å². The Morgan fingerprint density at radius 2 is 2.15 bits per heavy atom. The topological polar surface area (TPSA) is 47.8 Å². The first-order valence-electron chi connectivity index (χ1n) is 6.14. The average Bonchev–Trinajstić information content (AvgIpc) is 2.87. The molecule has 0 bridgehead atoms. The minimum atomic E-state index is -0.0564. The number of aromatic nitrogens is 3. The van der Waals surface area contributed by atoms with Gasteiger partial charge in [0.05, 0.1) is 34.5 Å². The number of alkyl halides is 1. The van der Waals surface area contributed by atoms with E-state index < -0.39 is 0 Å². The van der Waals surface area contributed by atoms with Gasteiger partial charge in [-0.2, -0.15) is 0 Å². The predicted octanol–water partition coefficient (Wildman–Crippen LogP) is 2.95. The Morgan fingerprint density at radius 1 is 1.35 bits per heavy atom. The highest BCUT2D eigenvalue weighted by molar-refractivity contribution is 7.09. The maximum atomic E-state index is 12.6. The summed E-state index contributed by atoms with van der Waals surface area (Å²) >= 11 is 7.49. The van der Waals surface area contributed by atoms with Gasteiger partial charge in [0.1, 0.15) is 5.82 Å². The molecule has 0 aliphatic heterocycles. The normalized spacial score (nSPS) is 11.1. The number of hydrogen-bond acceptors (Lipinski definition) is 4. The maximum Gasteiger partial charge on any atom is 0.261 e. The van der Waals surface area contributed by atoms with Crippen molar-refractivity contribution in [3.63, 3.8) is 0 Å². The molecular weight excluding hydrogens is 294 g/mol. The fourth-order valence-corrected chi connectivity index (χ4v) is 3.07. The van der Waals surface area contributed by atoms with Crippen molar-refractivity contribution in [1.29, 1.82) is 0 Å². The van der Waals surface area contributed by atoms with Crippen molar-refractivity contribution < 1.29 is 0 Å². The minimum Gasteiger partial charge on any atom is -0.290 e. The first-order chi connectivity index (χ1) is 9.70. The van der Waals surface area contributed by atoms with E-state index >= 15 is 0 Å². The second-order valence-corrected chi connectivity index (χ2v) is 5.64.